The Bertz CT molecular complexity index is 1860. The monoisotopic (exact) mass is 796 g/mol. The van der Waals surface area contributed by atoms with Crippen molar-refractivity contribution in [3.8, 4) is 10.6 Å². The second-order valence-electron chi connectivity index (χ2n) is 16.2. The maximum Gasteiger partial charge on any atom is 0.245 e. The lowest BCUT2D eigenvalue weighted by atomic mass is 9.89. The van der Waals surface area contributed by atoms with Crippen molar-refractivity contribution in [2.24, 2.45) is 23.5 Å². The molecule has 12 nitrogen and oxygen atoms in total. The zero-order chi connectivity index (χ0) is 41.6. The van der Waals surface area contributed by atoms with Crippen LogP contribution < -0.4 is 16.4 Å². The smallest absolute Gasteiger partial charge is 0.245 e. The van der Waals surface area contributed by atoms with Crippen LogP contribution in [0.25, 0.3) is 20.8 Å². The highest BCUT2D eigenvalue weighted by molar-refractivity contribution is 7.21. The molecule has 1 aromatic heterocycles. The Kier molecular flexibility index (Phi) is 15.2. The summed E-state index contributed by atoms with van der Waals surface area (Å²) in [4.78, 5) is 62.8. The second-order valence-corrected chi connectivity index (χ2v) is 17.2. The molecule has 4 N–H and O–H groups in total. The average Bonchev–Trinajstić information content (AvgIpc) is 3.81. The molecule has 2 aromatic carbocycles. The van der Waals surface area contributed by atoms with Crippen LogP contribution in [-0.2, 0) is 28.7 Å². The highest BCUT2D eigenvalue weighted by Crippen LogP contribution is 2.34. The van der Waals surface area contributed by atoms with E-state index in [2.05, 4.69) is 15.6 Å². The van der Waals surface area contributed by atoms with Gasteiger partial charge in [0.05, 0.1) is 52.4 Å². The van der Waals surface area contributed by atoms with Gasteiger partial charge in [0.1, 0.15) is 16.9 Å². The normalized spacial score (nSPS) is 18.0. The van der Waals surface area contributed by atoms with Gasteiger partial charge in [0.15, 0.2) is 0 Å². The fourth-order valence-electron chi connectivity index (χ4n) is 7.57. The van der Waals surface area contributed by atoms with Crippen LogP contribution in [0.2, 0.25) is 0 Å². The maximum absolute atomic E-state index is 14.2. The highest BCUT2D eigenvalue weighted by Gasteiger charge is 2.43. The Balaban J connectivity index is 1.47. The average molecular weight is 797 g/mol. The van der Waals surface area contributed by atoms with E-state index >= 15 is 0 Å². The van der Waals surface area contributed by atoms with Crippen LogP contribution in [0.4, 0.5) is 10.1 Å². The molecule has 4 rings (SSSR count). The molecule has 7 atom stereocenters. The van der Waals surface area contributed by atoms with Gasteiger partial charge in [-0.1, -0.05) is 41.0 Å². The lowest BCUT2D eigenvalue weighted by molar-refractivity contribution is -0.147. The molecule has 0 radical (unpaired) electrons. The first kappa shape index (κ1) is 44.7. The van der Waals surface area contributed by atoms with E-state index in [1.54, 1.807) is 51.0 Å². The van der Waals surface area contributed by atoms with E-state index in [1.165, 1.54) is 23.5 Å². The van der Waals surface area contributed by atoms with Crippen molar-refractivity contribution in [3.05, 3.63) is 47.8 Å². The topological polar surface area (TPSA) is 156 Å². The first-order valence-corrected chi connectivity index (χ1v) is 20.3. The zero-order valence-electron chi connectivity index (χ0n) is 34.8. The van der Waals surface area contributed by atoms with Crippen LogP contribution in [0.1, 0.15) is 79.7 Å². The van der Waals surface area contributed by atoms with Gasteiger partial charge < -0.3 is 35.6 Å². The fraction of sp³-hybridized carbons (Fsp3) is 0.595. The van der Waals surface area contributed by atoms with E-state index in [-0.39, 0.29) is 47.8 Å². The number of ether oxygens (including phenoxy) is 2. The predicted molar refractivity (Wildman–Crippen MR) is 220 cm³/mol. The summed E-state index contributed by atoms with van der Waals surface area (Å²) in [6.07, 6.45) is 0.934. The zero-order valence-corrected chi connectivity index (χ0v) is 35.6. The van der Waals surface area contributed by atoms with Gasteiger partial charge in [-0.2, -0.15) is 0 Å². The third-order valence-corrected chi connectivity index (χ3v) is 12.2. The van der Waals surface area contributed by atoms with E-state index < -0.39 is 41.7 Å². The van der Waals surface area contributed by atoms with E-state index in [4.69, 9.17) is 15.2 Å². The molecule has 1 saturated heterocycles. The predicted octanol–water partition coefficient (Wildman–Crippen LogP) is 6.15. The van der Waals surface area contributed by atoms with Crippen molar-refractivity contribution in [3.63, 3.8) is 0 Å². The number of likely N-dealkylation sites (N-methyl/N-ethyl adjacent to an activating group) is 1. The van der Waals surface area contributed by atoms with E-state index in [0.717, 1.165) is 33.7 Å². The van der Waals surface area contributed by atoms with Gasteiger partial charge in [0, 0.05) is 45.1 Å². The molecule has 0 spiro atoms. The number of rotatable bonds is 17. The van der Waals surface area contributed by atoms with Gasteiger partial charge in [-0.25, -0.2) is 9.37 Å². The van der Waals surface area contributed by atoms with Gasteiger partial charge in [-0.05, 0) is 81.3 Å². The van der Waals surface area contributed by atoms with Crippen LogP contribution in [0.3, 0.4) is 0 Å². The van der Waals surface area contributed by atoms with Crippen molar-refractivity contribution < 1.29 is 33.0 Å². The summed E-state index contributed by atoms with van der Waals surface area (Å²) >= 11 is 1.47. The molecule has 4 amide bonds. The Labute approximate surface area is 335 Å². The molecule has 0 saturated carbocycles. The SMILES string of the molecule is CC[C@H](C)[C@@H]([C@@H](CC(=O)N1CCC[C@H]1[C@H](OC)[C@@H](C)C(=O)Nc1ccc(-c2nc3cc(F)ccc3s2)cc1C)OC)N(C)C(=O)[C@@H](NC(=O)C(C)(C)N)C(C)C. The Morgan fingerprint density at radius 1 is 1.09 bits per heavy atom. The first-order valence-electron chi connectivity index (χ1n) is 19.5. The summed E-state index contributed by atoms with van der Waals surface area (Å²) in [5, 5.41) is 6.66. The van der Waals surface area contributed by atoms with Crippen molar-refractivity contribution in [2.45, 2.75) is 117 Å². The summed E-state index contributed by atoms with van der Waals surface area (Å²) in [7, 11) is 4.81. The number of hydrogen-bond acceptors (Lipinski definition) is 9. The number of thiazole rings is 1. The van der Waals surface area contributed by atoms with Crippen molar-refractivity contribution in [1.29, 1.82) is 0 Å². The number of amides is 4. The summed E-state index contributed by atoms with van der Waals surface area (Å²) in [5.41, 5.74) is 7.83. The number of anilines is 1. The Morgan fingerprint density at radius 3 is 2.38 bits per heavy atom. The number of likely N-dealkylation sites (tertiary alicyclic amines) is 1. The summed E-state index contributed by atoms with van der Waals surface area (Å²) in [5.74, 6) is -2.29. The highest BCUT2D eigenvalue weighted by atomic mass is 32.1. The second kappa shape index (κ2) is 19.0. The lowest BCUT2D eigenvalue weighted by Crippen LogP contribution is -2.60. The number of fused-ring (bicyclic) bond motifs is 1. The van der Waals surface area contributed by atoms with Crippen molar-refractivity contribution >= 4 is 50.9 Å². The molecule has 1 aliphatic rings. The summed E-state index contributed by atoms with van der Waals surface area (Å²) < 4.78 is 26.6. The van der Waals surface area contributed by atoms with Crippen LogP contribution in [0.15, 0.2) is 36.4 Å². The molecule has 1 aliphatic heterocycles. The number of halogens is 1. The molecule has 308 valence electrons. The van der Waals surface area contributed by atoms with E-state index in [0.29, 0.717) is 24.2 Å². The number of nitrogens with two attached hydrogens (primary N) is 1. The molecule has 14 heteroatoms. The van der Waals surface area contributed by atoms with Gasteiger partial charge >= 0.3 is 0 Å². The Hall–Kier alpha value is -3.98. The number of aromatic nitrogens is 1. The molecular weight excluding hydrogens is 736 g/mol. The number of nitrogens with zero attached hydrogens (tertiary/aromatic N) is 3. The number of aryl methyl sites for hydroxylation is 1. The molecular formula is C42H61FN6O6S. The third-order valence-electron chi connectivity index (χ3n) is 11.1. The number of nitrogens with one attached hydrogen (secondary N) is 2. The molecule has 0 unspecified atom stereocenters. The van der Waals surface area contributed by atoms with Crippen LogP contribution in [0, 0.1) is 30.5 Å². The number of benzene rings is 2. The Morgan fingerprint density at radius 2 is 1.79 bits per heavy atom. The minimum absolute atomic E-state index is 0.0142. The minimum atomic E-state index is -1.17. The molecule has 2 heterocycles. The molecule has 1 fully saturated rings. The first-order chi connectivity index (χ1) is 26.3. The number of carbonyl (C=O) groups excluding carboxylic acids is 4. The lowest BCUT2D eigenvalue weighted by Gasteiger charge is -2.41. The summed E-state index contributed by atoms with van der Waals surface area (Å²) in [6, 6.07) is 8.60. The van der Waals surface area contributed by atoms with Crippen molar-refractivity contribution in [1.82, 2.24) is 20.1 Å². The minimum Gasteiger partial charge on any atom is -0.379 e. The van der Waals surface area contributed by atoms with Crippen LogP contribution >= 0.6 is 11.3 Å². The fourth-order valence-corrected chi connectivity index (χ4v) is 8.52. The molecule has 0 aliphatic carbocycles. The van der Waals surface area contributed by atoms with E-state index in [1.807, 2.05) is 59.7 Å². The number of hydrogen-bond donors (Lipinski definition) is 3. The summed E-state index contributed by atoms with van der Waals surface area (Å²) in [6.45, 7) is 15.2. The van der Waals surface area contributed by atoms with Crippen LogP contribution in [0.5, 0.6) is 0 Å². The maximum atomic E-state index is 14.2. The molecule has 0 bridgehead atoms. The molecule has 3 aromatic rings. The number of methoxy groups -OCH3 is 2. The quantitative estimate of drug-likeness (QED) is 0.147. The van der Waals surface area contributed by atoms with Crippen molar-refractivity contribution in [2.75, 3.05) is 33.1 Å². The van der Waals surface area contributed by atoms with Crippen LogP contribution in [-0.4, -0.2) is 102 Å². The number of carbonyl (C=O) groups is 4. The van der Waals surface area contributed by atoms with E-state index in [9.17, 15) is 23.6 Å². The standard InChI is InChI=1S/C42H61FN6O6S/c1-12-24(4)36(48(9)40(52)35(23(2)3)47-41(53)42(7,8)44)32(54-10)22-34(50)49-19-13-14-31(49)37(55-11)26(6)38(51)45-29-17-15-27(20-25(29)5)39-46-30-21-28(43)16-18-33(30)56-39/h15-18,20-21,23-24,26,31-32,35-37H,12-14,19,22,44H2,1-11H3,(H,45,51)(H,47,53)/t24-,26+,31-,32+,35-,36-,37+/m0/s1. The third kappa shape index (κ3) is 10.3. The largest absolute Gasteiger partial charge is 0.379 e. The van der Waals surface area contributed by atoms with Gasteiger partial charge in [0.2, 0.25) is 23.6 Å². The van der Waals surface area contributed by atoms with Gasteiger partial charge in [-0.15, -0.1) is 11.3 Å². The molecule has 56 heavy (non-hydrogen) atoms. The van der Waals surface area contributed by atoms with Gasteiger partial charge in [0.25, 0.3) is 0 Å². The van der Waals surface area contributed by atoms with Gasteiger partial charge in [-0.3, -0.25) is 19.2 Å².